The second kappa shape index (κ2) is 14.1. The van der Waals surface area contributed by atoms with E-state index in [2.05, 4.69) is 34.9 Å². The third-order valence-electron chi connectivity index (χ3n) is 7.85. The van der Waals surface area contributed by atoms with Gasteiger partial charge in [0.2, 0.25) is 23.7 Å². The number of ether oxygens (including phenoxy) is 1. The summed E-state index contributed by atoms with van der Waals surface area (Å²) in [5.74, 6) is 0.0115. The third kappa shape index (κ3) is 7.88. The Hall–Kier alpha value is -4.10. The van der Waals surface area contributed by atoms with Gasteiger partial charge in [-0.05, 0) is 63.0 Å². The summed E-state index contributed by atoms with van der Waals surface area (Å²) in [6.07, 6.45) is 7.45. The van der Waals surface area contributed by atoms with Gasteiger partial charge in [0.05, 0.1) is 12.1 Å². The number of likely N-dealkylation sites (N-methyl/N-ethyl adjacent to an activating group) is 1. The Bertz CT molecular complexity index is 1500. The molecule has 0 aliphatic carbocycles. The number of nitrogens with one attached hydrogen (secondary N) is 3. The number of carbonyl (C=O) groups excluding carboxylic acids is 2. The largest absolute Gasteiger partial charge is 0.381 e. The molecule has 4 heterocycles. The molecular weight excluding hydrogens is 565 g/mol. The molecule has 44 heavy (non-hydrogen) atoms. The predicted molar refractivity (Wildman–Crippen MR) is 167 cm³/mol. The van der Waals surface area contributed by atoms with Crippen LogP contribution in [0, 0.1) is 11.7 Å². The molecule has 0 spiro atoms. The van der Waals surface area contributed by atoms with Crippen LogP contribution in [0.25, 0.3) is 5.65 Å². The Kier molecular flexibility index (Phi) is 10.1. The lowest BCUT2D eigenvalue weighted by Crippen LogP contribution is -2.30. The Morgan fingerprint density at radius 2 is 1.95 bits per heavy atom. The average molecular weight is 608 g/mol. The molecule has 13 heteroatoms. The Morgan fingerprint density at radius 3 is 2.70 bits per heavy atom. The van der Waals surface area contributed by atoms with Crippen LogP contribution >= 0.6 is 0 Å². The minimum Gasteiger partial charge on any atom is -0.381 e. The first kappa shape index (κ1) is 31.3. The molecule has 2 aliphatic rings. The standard InChI is InChI=1S/C31H42FN9O3/c1-20(2)26-18-34-41-28(26)37-30(36-24-8-12-44-13-9-24)38-31(41)33-17-21-14-23(32)16-25(15-21)35-29(43)22-7-11-40(19-22)27(42)6-5-10-39(3)4/h5-6,14-16,18,20,22,24H,7-13,17,19H2,1-4H3,(H,35,43)(H2,33,36,37,38)/b6-5+. The van der Waals surface area contributed by atoms with Gasteiger partial charge in [-0.2, -0.15) is 19.6 Å². The van der Waals surface area contributed by atoms with Crippen molar-refractivity contribution in [2.45, 2.75) is 51.6 Å². The quantitative estimate of drug-likeness (QED) is 0.281. The van der Waals surface area contributed by atoms with Crippen LogP contribution in [-0.2, 0) is 20.9 Å². The molecule has 5 rings (SSSR count). The summed E-state index contributed by atoms with van der Waals surface area (Å²) < 4.78 is 21.8. The first-order chi connectivity index (χ1) is 21.2. The minimum absolute atomic E-state index is 0.107. The first-order valence-electron chi connectivity index (χ1n) is 15.2. The highest BCUT2D eigenvalue weighted by Gasteiger charge is 2.30. The highest BCUT2D eigenvalue weighted by Crippen LogP contribution is 2.25. The van der Waals surface area contributed by atoms with Gasteiger partial charge in [0.1, 0.15) is 5.82 Å². The Balaban J connectivity index is 1.26. The fraction of sp³-hybridized carbons (Fsp3) is 0.516. The predicted octanol–water partition coefficient (Wildman–Crippen LogP) is 3.49. The van der Waals surface area contributed by atoms with E-state index >= 15 is 0 Å². The van der Waals surface area contributed by atoms with Crippen molar-refractivity contribution < 1.29 is 18.7 Å². The van der Waals surface area contributed by atoms with E-state index in [-0.39, 0.29) is 36.2 Å². The Labute approximate surface area is 257 Å². The number of halogens is 1. The van der Waals surface area contributed by atoms with Crippen molar-refractivity contribution in [1.82, 2.24) is 29.4 Å². The van der Waals surface area contributed by atoms with Gasteiger partial charge in [0.15, 0.2) is 5.65 Å². The van der Waals surface area contributed by atoms with Crippen LogP contribution in [0.3, 0.4) is 0 Å². The van der Waals surface area contributed by atoms with Crippen LogP contribution in [0.2, 0.25) is 0 Å². The summed E-state index contributed by atoms with van der Waals surface area (Å²) in [7, 11) is 3.86. The SMILES string of the molecule is CC(C)c1cnn2c(NCc3cc(F)cc(NC(=O)C4CCN(C(=O)/C=C/CN(C)C)C4)c3)nc(NC3CCOCC3)nc12. The van der Waals surface area contributed by atoms with Gasteiger partial charge in [0, 0.05) is 62.8 Å². The van der Waals surface area contributed by atoms with Gasteiger partial charge in [-0.3, -0.25) is 9.59 Å². The number of hydrogen-bond acceptors (Lipinski definition) is 9. The fourth-order valence-corrected chi connectivity index (χ4v) is 5.40. The summed E-state index contributed by atoms with van der Waals surface area (Å²) in [5, 5.41) is 14.1. The lowest BCUT2D eigenvalue weighted by Gasteiger charge is -2.23. The molecule has 0 bridgehead atoms. The van der Waals surface area contributed by atoms with E-state index in [9.17, 15) is 14.0 Å². The number of aromatic nitrogens is 4. The number of amides is 2. The lowest BCUT2D eigenvalue weighted by atomic mass is 10.1. The first-order valence-corrected chi connectivity index (χ1v) is 15.2. The van der Waals surface area contributed by atoms with Crippen LogP contribution in [0.5, 0.6) is 0 Å². The molecular formula is C31H42FN9O3. The van der Waals surface area contributed by atoms with Gasteiger partial charge in [-0.25, -0.2) is 4.39 Å². The topological polar surface area (TPSA) is 129 Å². The number of carbonyl (C=O) groups is 2. The zero-order valence-corrected chi connectivity index (χ0v) is 25.8. The molecule has 3 aromatic rings. The number of hydrogen-bond donors (Lipinski definition) is 3. The second-order valence-corrected chi connectivity index (χ2v) is 12.0. The number of likely N-dealkylation sites (tertiary alicyclic amines) is 1. The van der Waals surface area contributed by atoms with Crippen molar-refractivity contribution >= 4 is 35.0 Å². The van der Waals surface area contributed by atoms with Crippen molar-refractivity contribution in [3.05, 3.63) is 53.5 Å². The number of rotatable bonds is 11. The van der Waals surface area contributed by atoms with E-state index in [0.29, 0.717) is 68.1 Å². The molecule has 12 nitrogen and oxygen atoms in total. The average Bonchev–Trinajstić information content (AvgIpc) is 3.64. The lowest BCUT2D eigenvalue weighted by molar-refractivity contribution is -0.125. The Morgan fingerprint density at radius 1 is 1.16 bits per heavy atom. The van der Waals surface area contributed by atoms with E-state index in [1.165, 1.54) is 12.1 Å². The molecule has 1 aromatic carbocycles. The van der Waals surface area contributed by atoms with Crippen molar-refractivity contribution in [1.29, 1.82) is 0 Å². The highest BCUT2D eigenvalue weighted by atomic mass is 19.1. The van der Waals surface area contributed by atoms with E-state index in [1.54, 1.807) is 27.8 Å². The van der Waals surface area contributed by atoms with Crippen molar-refractivity contribution in [3.8, 4) is 0 Å². The third-order valence-corrected chi connectivity index (χ3v) is 7.85. The van der Waals surface area contributed by atoms with Crippen molar-refractivity contribution in [2.24, 2.45) is 5.92 Å². The van der Waals surface area contributed by atoms with Crippen LogP contribution in [0.1, 0.15) is 50.2 Å². The van der Waals surface area contributed by atoms with Crippen LogP contribution < -0.4 is 16.0 Å². The van der Waals surface area contributed by atoms with Gasteiger partial charge in [0.25, 0.3) is 0 Å². The summed E-state index contributed by atoms with van der Waals surface area (Å²) in [6, 6.07) is 4.66. The van der Waals surface area contributed by atoms with Gasteiger partial charge >= 0.3 is 0 Å². The summed E-state index contributed by atoms with van der Waals surface area (Å²) >= 11 is 0. The maximum Gasteiger partial charge on any atom is 0.246 e. The monoisotopic (exact) mass is 607 g/mol. The maximum atomic E-state index is 14.7. The normalized spacial score (nSPS) is 17.7. The van der Waals surface area contributed by atoms with Gasteiger partial charge in [-0.15, -0.1) is 0 Å². The zero-order chi connectivity index (χ0) is 31.2. The van der Waals surface area contributed by atoms with Crippen LogP contribution in [-0.4, -0.2) is 94.2 Å². The summed E-state index contributed by atoms with van der Waals surface area (Å²) in [5.41, 5.74) is 2.68. The van der Waals surface area contributed by atoms with E-state index in [0.717, 1.165) is 18.4 Å². The molecule has 0 radical (unpaired) electrons. The molecule has 0 saturated carbocycles. The number of benzene rings is 1. The van der Waals surface area contributed by atoms with Crippen LogP contribution in [0.4, 0.5) is 22.0 Å². The second-order valence-electron chi connectivity index (χ2n) is 12.0. The summed E-state index contributed by atoms with van der Waals surface area (Å²) in [6.45, 7) is 7.31. The maximum absolute atomic E-state index is 14.7. The summed E-state index contributed by atoms with van der Waals surface area (Å²) in [4.78, 5) is 38.6. The molecule has 2 aliphatic heterocycles. The van der Waals surface area contributed by atoms with Crippen molar-refractivity contribution in [3.63, 3.8) is 0 Å². The molecule has 2 amide bonds. The molecule has 1 atom stereocenters. The molecule has 2 aromatic heterocycles. The number of nitrogens with zero attached hydrogens (tertiary/aromatic N) is 6. The van der Waals surface area contributed by atoms with E-state index < -0.39 is 5.82 Å². The molecule has 3 N–H and O–H groups in total. The smallest absolute Gasteiger partial charge is 0.246 e. The number of fused-ring (bicyclic) bond motifs is 1. The number of anilines is 3. The van der Waals surface area contributed by atoms with Gasteiger partial charge < -0.3 is 30.5 Å². The molecule has 236 valence electrons. The van der Waals surface area contributed by atoms with Crippen LogP contribution in [0.15, 0.2) is 36.5 Å². The van der Waals surface area contributed by atoms with Gasteiger partial charge in [-0.1, -0.05) is 19.9 Å². The zero-order valence-electron chi connectivity index (χ0n) is 25.8. The molecule has 2 fully saturated rings. The van der Waals surface area contributed by atoms with E-state index in [4.69, 9.17) is 14.7 Å². The molecule has 1 unspecified atom stereocenters. The molecule has 2 saturated heterocycles. The van der Waals surface area contributed by atoms with Crippen molar-refractivity contribution in [2.75, 3.05) is 62.9 Å². The fourth-order valence-electron chi connectivity index (χ4n) is 5.40. The minimum atomic E-state index is -0.468. The van der Waals surface area contributed by atoms with E-state index in [1.807, 2.05) is 25.1 Å². The highest BCUT2D eigenvalue weighted by molar-refractivity contribution is 5.94.